The van der Waals surface area contributed by atoms with Crippen LogP contribution in [0, 0.1) is 0 Å². The van der Waals surface area contributed by atoms with E-state index in [2.05, 4.69) is 4.74 Å². The van der Waals surface area contributed by atoms with Crippen LogP contribution in [-0.4, -0.2) is 6.09 Å². The number of halogens is 3. The molecule has 6 heteroatoms. The van der Waals surface area contributed by atoms with Crippen LogP contribution in [0.5, 0.6) is 5.75 Å². The highest BCUT2D eigenvalue weighted by atomic mass is 19.4. The molecule has 0 fully saturated rings. The maximum Gasteiger partial charge on any atom is 0.416 e. The van der Waals surface area contributed by atoms with Crippen molar-refractivity contribution in [2.45, 2.75) is 32.4 Å². The summed E-state index contributed by atoms with van der Waals surface area (Å²) >= 11 is 0. The highest BCUT2D eigenvalue weighted by Gasteiger charge is 2.32. The Labute approximate surface area is 103 Å². The lowest BCUT2D eigenvalue weighted by Gasteiger charge is -2.22. The highest BCUT2D eigenvalue weighted by Crippen LogP contribution is 2.37. The first-order chi connectivity index (χ1) is 8.01. The van der Waals surface area contributed by atoms with Crippen LogP contribution < -0.4 is 10.5 Å². The van der Waals surface area contributed by atoms with Gasteiger partial charge in [0.25, 0.3) is 0 Å². The summed E-state index contributed by atoms with van der Waals surface area (Å²) in [5.41, 5.74) is 3.99. The Bertz CT molecular complexity index is 461. The smallest absolute Gasteiger partial charge is 0.410 e. The van der Waals surface area contributed by atoms with E-state index in [1.807, 2.05) is 0 Å². The molecule has 0 radical (unpaired) electrons. The number of ether oxygens (including phenoxy) is 1. The van der Waals surface area contributed by atoms with Gasteiger partial charge in [0, 0.05) is 5.56 Å². The number of hydrogen-bond acceptors (Lipinski definition) is 2. The average molecular weight is 261 g/mol. The molecule has 0 atom stereocenters. The third-order valence-electron chi connectivity index (χ3n) is 2.33. The molecule has 18 heavy (non-hydrogen) atoms. The van der Waals surface area contributed by atoms with Crippen LogP contribution in [0.3, 0.4) is 0 Å². The molecule has 0 saturated heterocycles. The monoisotopic (exact) mass is 261 g/mol. The molecule has 0 unspecified atom stereocenters. The highest BCUT2D eigenvalue weighted by molar-refractivity contribution is 5.69. The second-order valence-corrected chi connectivity index (χ2v) is 4.88. The Hall–Kier alpha value is -1.72. The summed E-state index contributed by atoms with van der Waals surface area (Å²) in [5.74, 6) is -0.162. The van der Waals surface area contributed by atoms with E-state index in [0.29, 0.717) is 5.56 Å². The molecule has 1 aromatic carbocycles. The predicted molar refractivity (Wildman–Crippen MR) is 60.4 cm³/mol. The van der Waals surface area contributed by atoms with E-state index in [4.69, 9.17) is 5.73 Å². The Morgan fingerprint density at radius 3 is 2.17 bits per heavy atom. The van der Waals surface area contributed by atoms with Crippen molar-refractivity contribution < 1.29 is 22.7 Å². The van der Waals surface area contributed by atoms with E-state index in [0.717, 1.165) is 12.1 Å². The molecule has 0 aliphatic heterocycles. The molecule has 0 spiro atoms. The first-order valence-electron chi connectivity index (χ1n) is 5.21. The molecular weight excluding hydrogens is 247 g/mol. The van der Waals surface area contributed by atoms with Crippen LogP contribution in [0.15, 0.2) is 18.2 Å². The summed E-state index contributed by atoms with van der Waals surface area (Å²) in [7, 11) is 0. The fourth-order valence-electron chi connectivity index (χ4n) is 1.51. The van der Waals surface area contributed by atoms with E-state index in [9.17, 15) is 18.0 Å². The van der Waals surface area contributed by atoms with Gasteiger partial charge < -0.3 is 10.5 Å². The Morgan fingerprint density at radius 1 is 1.22 bits per heavy atom. The van der Waals surface area contributed by atoms with E-state index in [1.165, 1.54) is 6.07 Å². The fraction of sp³-hybridized carbons (Fsp3) is 0.417. The lowest BCUT2D eigenvalue weighted by molar-refractivity contribution is -0.137. The van der Waals surface area contributed by atoms with Crippen LogP contribution in [0.25, 0.3) is 0 Å². The number of carbonyl (C=O) groups is 1. The second-order valence-electron chi connectivity index (χ2n) is 4.88. The number of rotatable bonds is 1. The van der Waals surface area contributed by atoms with Crippen molar-refractivity contribution in [2.24, 2.45) is 5.73 Å². The second kappa shape index (κ2) is 4.51. The minimum absolute atomic E-state index is 0.162. The molecule has 1 rings (SSSR count). The van der Waals surface area contributed by atoms with Crippen molar-refractivity contribution in [3.05, 3.63) is 29.3 Å². The third-order valence-corrected chi connectivity index (χ3v) is 2.33. The van der Waals surface area contributed by atoms with Gasteiger partial charge in [0.05, 0.1) is 5.56 Å². The molecule has 0 aliphatic rings. The molecule has 0 aromatic heterocycles. The zero-order chi connectivity index (χ0) is 14.1. The molecule has 0 aliphatic carbocycles. The maximum atomic E-state index is 12.6. The van der Waals surface area contributed by atoms with Gasteiger partial charge in [-0.3, -0.25) is 0 Å². The van der Waals surface area contributed by atoms with Gasteiger partial charge in [-0.2, -0.15) is 13.2 Å². The minimum atomic E-state index is -4.49. The van der Waals surface area contributed by atoms with Crippen molar-refractivity contribution in [3.8, 4) is 5.75 Å². The molecule has 2 N–H and O–H groups in total. The minimum Gasteiger partial charge on any atom is -0.410 e. The zero-order valence-electron chi connectivity index (χ0n) is 10.3. The Balaban J connectivity index is 3.34. The lowest BCUT2D eigenvalue weighted by Crippen LogP contribution is -2.21. The standard InChI is InChI=1S/C12H14F3NO2/c1-11(2,3)8-5-4-7(12(13,14)15)6-9(8)18-10(16)17/h4-6H,1-3H3,(H2,16,17). The lowest BCUT2D eigenvalue weighted by atomic mass is 9.86. The molecule has 1 aromatic rings. The van der Waals surface area contributed by atoms with Crippen molar-refractivity contribution >= 4 is 6.09 Å². The summed E-state index contributed by atoms with van der Waals surface area (Å²) in [6, 6.07) is 3.03. The Kier molecular flexibility index (Phi) is 3.59. The molecule has 0 bridgehead atoms. The molecule has 1 amide bonds. The molecular formula is C12H14F3NO2. The van der Waals surface area contributed by atoms with Crippen molar-refractivity contribution in [3.63, 3.8) is 0 Å². The van der Waals surface area contributed by atoms with Crippen molar-refractivity contribution in [2.75, 3.05) is 0 Å². The van der Waals surface area contributed by atoms with Gasteiger partial charge in [-0.15, -0.1) is 0 Å². The van der Waals surface area contributed by atoms with Gasteiger partial charge in [-0.25, -0.2) is 4.79 Å². The van der Waals surface area contributed by atoms with E-state index in [1.54, 1.807) is 20.8 Å². The van der Waals surface area contributed by atoms with Gasteiger partial charge in [-0.1, -0.05) is 26.8 Å². The van der Waals surface area contributed by atoms with E-state index in [-0.39, 0.29) is 5.75 Å². The number of amides is 1. The topological polar surface area (TPSA) is 52.3 Å². The summed E-state index contributed by atoms with van der Waals surface area (Å²) in [6.45, 7) is 5.39. The molecule has 3 nitrogen and oxygen atoms in total. The SMILES string of the molecule is CC(C)(C)c1ccc(C(F)(F)F)cc1OC(N)=O. The van der Waals surface area contributed by atoms with Crippen LogP contribution in [0.1, 0.15) is 31.9 Å². The molecule has 100 valence electrons. The van der Waals surface area contributed by atoms with Gasteiger partial charge in [0.2, 0.25) is 0 Å². The quantitative estimate of drug-likeness (QED) is 0.841. The Morgan fingerprint density at radius 2 is 1.78 bits per heavy atom. The number of hydrogen-bond donors (Lipinski definition) is 1. The number of alkyl halides is 3. The van der Waals surface area contributed by atoms with Crippen molar-refractivity contribution in [1.82, 2.24) is 0 Å². The number of carbonyl (C=O) groups excluding carboxylic acids is 1. The normalized spacial score (nSPS) is 12.3. The third kappa shape index (κ3) is 3.38. The van der Waals surface area contributed by atoms with E-state index < -0.39 is 23.2 Å². The maximum absolute atomic E-state index is 12.6. The van der Waals surface area contributed by atoms with Gasteiger partial charge in [-0.05, 0) is 17.5 Å². The first-order valence-corrected chi connectivity index (χ1v) is 5.21. The number of nitrogens with two attached hydrogens (primary N) is 1. The number of benzene rings is 1. The zero-order valence-corrected chi connectivity index (χ0v) is 10.3. The summed E-state index contributed by atoms with van der Waals surface area (Å²) in [4.78, 5) is 10.7. The van der Waals surface area contributed by atoms with Crippen molar-refractivity contribution in [1.29, 1.82) is 0 Å². The first kappa shape index (κ1) is 14.3. The van der Waals surface area contributed by atoms with Crippen LogP contribution >= 0.6 is 0 Å². The van der Waals surface area contributed by atoms with E-state index >= 15 is 0 Å². The summed E-state index contributed by atoms with van der Waals surface area (Å²) < 4.78 is 42.3. The van der Waals surface area contributed by atoms with Gasteiger partial charge in [0.15, 0.2) is 0 Å². The predicted octanol–water partition coefficient (Wildman–Crippen LogP) is 3.46. The number of primary amides is 1. The molecule has 0 heterocycles. The largest absolute Gasteiger partial charge is 0.416 e. The van der Waals surface area contributed by atoms with Crippen LogP contribution in [0.4, 0.5) is 18.0 Å². The van der Waals surface area contributed by atoms with Crippen LogP contribution in [0.2, 0.25) is 0 Å². The fourth-order valence-corrected chi connectivity index (χ4v) is 1.51. The van der Waals surface area contributed by atoms with Gasteiger partial charge in [0.1, 0.15) is 5.75 Å². The summed E-state index contributed by atoms with van der Waals surface area (Å²) in [5, 5.41) is 0. The van der Waals surface area contributed by atoms with Crippen LogP contribution in [-0.2, 0) is 11.6 Å². The summed E-state index contributed by atoms with van der Waals surface area (Å²) in [6.07, 6.45) is -5.63. The average Bonchev–Trinajstić information content (AvgIpc) is 2.13. The van der Waals surface area contributed by atoms with Gasteiger partial charge >= 0.3 is 12.3 Å². The molecule has 0 saturated carbocycles.